The molecule has 0 aromatic carbocycles. The SMILES string of the molecule is CSCC(=O)N1CC2(C1)CN(C)C(C(=O)NC1CCCC1)CO2. The van der Waals surface area contributed by atoms with Gasteiger partial charge in [0.2, 0.25) is 11.8 Å². The van der Waals surface area contributed by atoms with Crippen molar-refractivity contribution in [1.82, 2.24) is 15.1 Å². The van der Waals surface area contributed by atoms with Gasteiger partial charge in [0.1, 0.15) is 11.6 Å². The Morgan fingerprint density at radius 1 is 1.26 bits per heavy atom. The van der Waals surface area contributed by atoms with Crippen LogP contribution >= 0.6 is 11.8 Å². The van der Waals surface area contributed by atoms with Gasteiger partial charge in [0.25, 0.3) is 0 Å². The second kappa shape index (κ2) is 6.99. The molecule has 1 saturated carbocycles. The van der Waals surface area contributed by atoms with Gasteiger partial charge in [0.15, 0.2) is 0 Å². The van der Waals surface area contributed by atoms with E-state index < -0.39 is 0 Å². The third-order valence-electron chi connectivity index (χ3n) is 5.20. The zero-order chi connectivity index (χ0) is 16.4. The van der Waals surface area contributed by atoms with E-state index in [-0.39, 0.29) is 23.5 Å². The molecule has 1 unspecified atom stereocenters. The molecular weight excluding hydrogens is 314 g/mol. The number of thioether (sulfide) groups is 1. The van der Waals surface area contributed by atoms with Crippen LogP contribution in [-0.2, 0) is 14.3 Å². The molecule has 0 aromatic rings. The van der Waals surface area contributed by atoms with E-state index in [1.807, 2.05) is 18.2 Å². The summed E-state index contributed by atoms with van der Waals surface area (Å²) in [6, 6.07) is 0.132. The third-order valence-corrected chi connectivity index (χ3v) is 5.74. The first-order valence-corrected chi connectivity index (χ1v) is 9.84. The Morgan fingerprint density at radius 3 is 2.57 bits per heavy atom. The fourth-order valence-corrected chi connectivity index (χ4v) is 4.30. The molecule has 2 amide bonds. The highest BCUT2D eigenvalue weighted by Crippen LogP contribution is 2.31. The van der Waals surface area contributed by atoms with Crippen molar-refractivity contribution in [3.05, 3.63) is 0 Å². The van der Waals surface area contributed by atoms with Crippen LogP contribution in [0.1, 0.15) is 25.7 Å². The van der Waals surface area contributed by atoms with E-state index >= 15 is 0 Å². The van der Waals surface area contributed by atoms with E-state index in [1.165, 1.54) is 12.8 Å². The van der Waals surface area contributed by atoms with Crippen LogP contribution in [0.5, 0.6) is 0 Å². The molecule has 7 heteroatoms. The molecule has 23 heavy (non-hydrogen) atoms. The van der Waals surface area contributed by atoms with Gasteiger partial charge >= 0.3 is 0 Å². The maximum atomic E-state index is 12.4. The molecular formula is C16H27N3O3S. The summed E-state index contributed by atoms with van der Waals surface area (Å²) >= 11 is 1.55. The van der Waals surface area contributed by atoms with E-state index in [1.54, 1.807) is 11.8 Å². The van der Waals surface area contributed by atoms with Crippen molar-refractivity contribution in [2.45, 2.75) is 43.4 Å². The van der Waals surface area contributed by atoms with Crippen LogP contribution < -0.4 is 5.32 Å². The molecule has 0 radical (unpaired) electrons. The topological polar surface area (TPSA) is 61.9 Å². The Kier molecular flexibility index (Phi) is 5.18. The molecule has 1 spiro atoms. The summed E-state index contributed by atoms with van der Waals surface area (Å²) in [5.41, 5.74) is -0.271. The lowest BCUT2D eigenvalue weighted by Gasteiger charge is -2.54. The highest BCUT2D eigenvalue weighted by molar-refractivity contribution is 7.99. The first-order valence-electron chi connectivity index (χ1n) is 8.44. The lowest BCUT2D eigenvalue weighted by molar-refractivity contribution is -0.200. The van der Waals surface area contributed by atoms with Crippen LogP contribution in [0.4, 0.5) is 0 Å². The number of likely N-dealkylation sites (tertiary alicyclic amines) is 1. The number of rotatable bonds is 4. The molecule has 1 atom stereocenters. The largest absolute Gasteiger partial charge is 0.368 e. The van der Waals surface area contributed by atoms with Crippen molar-refractivity contribution in [1.29, 1.82) is 0 Å². The standard InChI is InChI=1S/C16H27N3O3S/c1-18-9-16(10-19(11-16)14(20)8-23-2)22-7-13(18)15(21)17-12-5-3-4-6-12/h12-13H,3-11H2,1-2H3,(H,17,21). The van der Waals surface area contributed by atoms with Crippen LogP contribution in [0.15, 0.2) is 0 Å². The molecule has 130 valence electrons. The summed E-state index contributed by atoms with van der Waals surface area (Å²) in [7, 11) is 1.98. The van der Waals surface area contributed by atoms with Crippen molar-refractivity contribution < 1.29 is 14.3 Å². The Morgan fingerprint density at radius 2 is 1.96 bits per heavy atom. The van der Waals surface area contributed by atoms with Crippen molar-refractivity contribution in [3.8, 4) is 0 Å². The van der Waals surface area contributed by atoms with Gasteiger partial charge in [0.05, 0.1) is 25.4 Å². The summed E-state index contributed by atoms with van der Waals surface area (Å²) in [6.07, 6.45) is 6.56. The molecule has 2 saturated heterocycles. The normalized spacial score (nSPS) is 27.9. The van der Waals surface area contributed by atoms with Crippen molar-refractivity contribution in [3.63, 3.8) is 0 Å². The van der Waals surface area contributed by atoms with E-state index in [0.717, 1.165) is 12.8 Å². The minimum atomic E-state index is -0.271. The Hall–Kier alpha value is -0.790. The van der Waals surface area contributed by atoms with Crippen molar-refractivity contribution in [2.24, 2.45) is 0 Å². The average Bonchev–Trinajstić information content (AvgIpc) is 2.97. The summed E-state index contributed by atoms with van der Waals surface area (Å²) in [6.45, 7) is 2.42. The van der Waals surface area contributed by atoms with Crippen LogP contribution in [0.25, 0.3) is 0 Å². The molecule has 2 heterocycles. The highest BCUT2D eigenvalue weighted by atomic mass is 32.2. The predicted octanol–water partition coefficient (Wildman–Crippen LogP) is 0.320. The van der Waals surface area contributed by atoms with Gasteiger partial charge < -0.3 is 15.0 Å². The maximum Gasteiger partial charge on any atom is 0.239 e. The number of morpholine rings is 1. The van der Waals surface area contributed by atoms with Crippen LogP contribution in [-0.4, -0.2) is 84.6 Å². The highest BCUT2D eigenvalue weighted by Gasteiger charge is 2.51. The number of hydrogen-bond acceptors (Lipinski definition) is 5. The van der Waals surface area contributed by atoms with Crippen LogP contribution in [0.2, 0.25) is 0 Å². The zero-order valence-electron chi connectivity index (χ0n) is 14.0. The summed E-state index contributed by atoms with van der Waals surface area (Å²) < 4.78 is 6.03. The number of amides is 2. The van der Waals surface area contributed by atoms with Crippen molar-refractivity contribution >= 4 is 23.6 Å². The van der Waals surface area contributed by atoms with Gasteiger partial charge in [-0.15, -0.1) is 0 Å². The molecule has 2 aliphatic heterocycles. The minimum absolute atomic E-state index is 0.0869. The Bertz CT molecular complexity index is 461. The number of carbonyl (C=O) groups is 2. The van der Waals surface area contributed by atoms with Crippen molar-refractivity contribution in [2.75, 3.05) is 45.3 Å². The fraction of sp³-hybridized carbons (Fsp3) is 0.875. The third kappa shape index (κ3) is 3.67. The molecule has 3 aliphatic rings. The zero-order valence-corrected chi connectivity index (χ0v) is 14.9. The first-order chi connectivity index (χ1) is 11.0. The summed E-state index contributed by atoms with van der Waals surface area (Å²) in [5.74, 6) is 0.789. The maximum absolute atomic E-state index is 12.4. The van der Waals surface area contributed by atoms with Gasteiger partial charge in [-0.3, -0.25) is 14.5 Å². The number of ether oxygens (including phenoxy) is 1. The van der Waals surface area contributed by atoms with E-state index in [0.29, 0.717) is 38.0 Å². The number of hydrogen-bond donors (Lipinski definition) is 1. The lowest BCUT2D eigenvalue weighted by atomic mass is 9.90. The second-order valence-corrected chi connectivity index (χ2v) is 7.96. The van der Waals surface area contributed by atoms with E-state index in [2.05, 4.69) is 10.2 Å². The number of likely N-dealkylation sites (N-methyl/N-ethyl adjacent to an activating group) is 1. The molecule has 3 rings (SSSR count). The predicted molar refractivity (Wildman–Crippen MR) is 90.5 cm³/mol. The average molecular weight is 341 g/mol. The molecule has 6 nitrogen and oxygen atoms in total. The van der Waals surface area contributed by atoms with Gasteiger partial charge in [-0.2, -0.15) is 11.8 Å². The molecule has 0 bridgehead atoms. The molecule has 1 N–H and O–H groups in total. The van der Waals surface area contributed by atoms with Gasteiger partial charge in [-0.25, -0.2) is 0 Å². The molecule has 1 aliphatic carbocycles. The van der Waals surface area contributed by atoms with Crippen LogP contribution in [0, 0.1) is 0 Å². The molecule has 3 fully saturated rings. The Labute approximate surface area is 142 Å². The number of nitrogens with zero attached hydrogens (tertiary/aromatic N) is 2. The summed E-state index contributed by atoms with van der Waals surface area (Å²) in [4.78, 5) is 28.2. The number of nitrogens with one attached hydrogen (secondary N) is 1. The smallest absolute Gasteiger partial charge is 0.239 e. The minimum Gasteiger partial charge on any atom is -0.368 e. The van der Waals surface area contributed by atoms with Crippen LogP contribution in [0.3, 0.4) is 0 Å². The van der Waals surface area contributed by atoms with E-state index in [9.17, 15) is 9.59 Å². The monoisotopic (exact) mass is 341 g/mol. The number of carbonyl (C=O) groups excluding carboxylic acids is 2. The summed E-state index contributed by atoms with van der Waals surface area (Å²) in [5, 5.41) is 3.16. The van der Waals surface area contributed by atoms with Gasteiger partial charge in [-0.05, 0) is 26.1 Å². The van der Waals surface area contributed by atoms with Gasteiger partial charge in [0, 0.05) is 12.6 Å². The van der Waals surface area contributed by atoms with E-state index in [4.69, 9.17) is 4.74 Å². The quantitative estimate of drug-likeness (QED) is 0.798. The van der Waals surface area contributed by atoms with Gasteiger partial charge in [-0.1, -0.05) is 12.8 Å². The lowest BCUT2D eigenvalue weighted by Crippen LogP contribution is -2.73. The Balaban J connectivity index is 1.48. The first kappa shape index (κ1) is 17.0. The molecule has 0 aromatic heterocycles. The second-order valence-electron chi connectivity index (χ2n) is 7.10. The fourth-order valence-electron chi connectivity index (χ4n) is 3.87.